The molecule has 1 saturated heterocycles. The number of nitrogens with zero attached hydrogens (tertiary/aromatic N) is 1. The van der Waals surface area contributed by atoms with Gasteiger partial charge in [-0.05, 0) is 82.5 Å². The van der Waals surface area contributed by atoms with E-state index in [1.165, 1.54) is 0 Å². The van der Waals surface area contributed by atoms with E-state index < -0.39 is 5.92 Å². The van der Waals surface area contributed by atoms with Gasteiger partial charge in [-0.1, -0.05) is 18.2 Å². The van der Waals surface area contributed by atoms with Crippen molar-refractivity contribution in [1.82, 2.24) is 5.32 Å². The van der Waals surface area contributed by atoms with Crippen molar-refractivity contribution in [1.29, 1.82) is 0 Å². The average Bonchev–Trinajstić information content (AvgIpc) is 3.30. The summed E-state index contributed by atoms with van der Waals surface area (Å²) in [6, 6.07) is 20.0. The summed E-state index contributed by atoms with van der Waals surface area (Å²) in [6.07, 6.45) is 0.154. The second-order valence-corrected chi connectivity index (χ2v) is 9.64. The average molecular weight is 566 g/mol. The highest BCUT2D eigenvalue weighted by Gasteiger charge is 2.35. The third-order valence-corrected chi connectivity index (χ3v) is 6.69. The lowest BCUT2D eigenvalue weighted by atomic mass is 10.1. The Morgan fingerprint density at radius 2 is 1.73 bits per heavy atom. The molecule has 1 aliphatic heterocycles. The fourth-order valence-corrected chi connectivity index (χ4v) is 4.58. The van der Waals surface area contributed by atoms with Gasteiger partial charge in [-0.15, -0.1) is 0 Å². The molecule has 3 aromatic carbocycles. The van der Waals surface area contributed by atoms with E-state index in [9.17, 15) is 14.4 Å². The van der Waals surface area contributed by atoms with Crippen molar-refractivity contribution in [3.05, 3.63) is 82.3 Å². The summed E-state index contributed by atoms with van der Waals surface area (Å²) in [5.74, 6) is 0.280. The molecule has 4 rings (SSSR count). The van der Waals surface area contributed by atoms with Crippen LogP contribution < -0.4 is 25.0 Å². The number of carbonyl (C=O) groups is 3. The predicted octanol–water partition coefficient (Wildman–Crippen LogP) is 4.45. The minimum Gasteiger partial charge on any atom is -0.497 e. The smallest absolute Gasteiger partial charge is 0.262 e. The first kappa shape index (κ1) is 26.2. The molecule has 37 heavy (non-hydrogen) atoms. The molecule has 3 amide bonds. The number of ether oxygens (including phenoxy) is 2. The molecule has 3 aromatic rings. The van der Waals surface area contributed by atoms with Crippen LogP contribution in [0.1, 0.15) is 17.5 Å². The Hall–Kier alpha value is -3.85. The Morgan fingerprint density at radius 1 is 1.03 bits per heavy atom. The van der Waals surface area contributed by atoms with E-state index in [4.69, 9.17) is 9.47 Å². The Labute approximate surface area is 224 Å². The normalized spacial score (nSPS) is 14.8. The lowest BCUT2D eigenvalue weighted by molar-refractivity contribution is -0.126. The largest absolute Gasteiger partial charge is 0.497 e. The molecule has 192 valence electrons. The molecule has 1 aliphatic rings. The standard InChI is InChI=1S/C28H28BrN3O5/c1-18-3-12-25(24(29)13-18)31-26(33)17-37-23-10-6-21(7-11-23)32-16-20(14-27(32)34)28(35)30-15-19-4-8-22(36-2)9-5-19/h3-13,20H,14-17H2,1-2H3,(H,30,35)(H,31,33)/t20-/m1/s1. The van der Waals surface area contributed by atoms with Crippen LogP contribution in [0.2, 0.25) is 0 Å². The summed E-state index contributed by atoms with van der Waals surface area (Å²) in [6.45, 7) is 2.51. The first-order valence-electron chi connectivity index (χ1n) is 11.8. The zero-order valence-electron chi connectivity index (χ0n) is 20.6. The van der Waals surface area contributed by atoms with Crippen LogP contribution in [0.4, 0.5) is 11.4 Å². The van der Waals surface area contributed by atoms with E-state index in [-0.39, 0.29) is 30.7 Å². The van der Waals surface area contributed by atoms with Crippen molar-refractivity contribution in [3.8, 4) is 11.5 Å². The fourth-order valence-electron chi connectivity index (χ4n) is 3.99. The maximum absolute atomic E-state index is 12.7. The summed E-state index contributed by atoms with van der Waals surface area (Å²) >= 11 is 3.44. The van der Waals surface area contributed by atoms with Gasteiger partial charge in [-0.3, -0.25) is 14.4 Å². The highest BCUT2D eigenvalue weighted by Crippen LogP contribution is 2.27. The van der Waals surface area contributed by atoms with Crippen LogP contribution in [0, 0.1) is 12.8 Å². The second kappa shape index (κ2) is 11.9. The molecular weight excluding hydrogens is 538 g/mol. The molecule has 1 heterocycles. The van der Waals surface area contributed by atoms with Crippen LogP contribution in [-0.2, 0) is 20.9 Å². The minimum atomic E-state index is -0.425. The van der Waals surface area contributed by atoms with Crippen LogP contribution in [-0.4, -0.2) is 38.0 Å². The van der Waals surface area contributed by atoms with Gasteiger partial charge in [-0.25, -0.2) is 0 Å². The zero-order valence-corrected chi connectivity index (χ0v) is 22.2. The predicted molar refractivity (Wildman–Crippen MR) is 145 cm³/mol. The Morgan fingerprint density at radius 3 is 2.41 bits per heavy atom. The monoisotopic (exact) mass is 565 g/mol. The van der Waals surface area contributed by atoms with Gasteiger partial charge in [0, 0.05) is 29.7 Å². The van der Waals surface area contributed by atoms with E-state index in [1.807, 2.05) is 49.4 Å². The Kier molecular flexibility index (Phi) is 8.45. The molecule has 8 nitrogen and oxygen atoms in total. The second-order valence-electron chi connectivity index (χ2n) is 8.79. The van der Waals surface area contributed by atoms with Gasteiger partial charge in [0.1, 0.15) is 11.5 Å². The van der Waals surface area contributed by atoms with Crippen LogP contribution in [0.5, 0.6) is 11.5 Å². The van der Waals surface area contributed by atoms with Crippen molar-refractivity contribution >= 4 is 45.0 Å². The molecule has 0 unspecified atom stereocenters. The van der Waals surface area contributed by atoms with Crippen LogP contribution in [0.25, 0.3) is 0 Å². The number of hydrogen-bond donors (Lipinski definition) is 2. The molecule has 1 atom stereocenters. The zero-order chi connectivity index (χ0) is 26.4. The number of hydrogen-bond acceptors (Lipinski definition) is 5. The third-order valence-electron chi connectivity index (χ3n) is 6.04. The van der Waals surface area contributed by atoms with E-state index in [2.05, 4.69) is 26.6 Å². The lowest BCUT2D eigenvalue weighted by Gasteiger charge is -2.17. The molecule has 1 fully saturated rings. The number of benzene rings is 3. The number of aryl methyl sites for hydroxylation is 1. The van der Waals surface area contributed by atoms with Gasteiger partial charge in [-0.2, -0.15) is 0 Å². The Bertz CT molecular complexity index is 1280. The van der Waals surface area contributed by atoms with E-state index >= 15 is 0 Å². The SMILES string of the molecule is COc1ccc(CNC(=O)[C@@H]2CC(=O)N(c3ccc(OCC(=O)Nc4ccc(C)cc4Br)cc3)C2)cc1. The number of amides is 3. The van der Waals surface area contributed by atoms with Gasteiger partial charge < -0.3 is 25.0 Å². The molecule has 0 aromatic heterocycles. The van der Waals surface area contributed by atoms with Crippen molar-refractivity contribution in [2.24, 2.45) is 5.92 Å². The maximum Gasteiger partial charge on any atom is 0.262 e. The summed E-state index contributed by atoms with van der Waals surface area (Å²) in [5.41, 5.74) is 3.38. The van der Waals surface area contributed by atoms with E-state index in [0.29, 0.717) is 30.2 Å². The Balaban J connectivity index is 1.26. The summed E-state index contributed by atoms with van der Waals surface area (Å²) in [4.78, 5) is 39.1. The van der Waals surface area contributed by atoms with Gasteiger partial charge >= 0.3 is 0 Å². The highest BCUT2D eigenvalue weighted by atomic mass is 79.9. The van der Waals surface area contributed by atoms with Crippen LogP contribution in [0.3, 0.4) is 0 Å². The number of rotatable bonds is 9. The quantitative estimate of drug-likeness (QED) is 0.399. The number of halogens is 1. The number of carbonyl (C=O) groups excluding carboxylic acids is 3. The first-order chi connectivity index (χ1) is 17.8. The van der Waals surface area contributed by atoms with Crippen molar-refractivity contribution < 1.29 is 23.9 Å². The first-order valence-corrected chi connectivity index (χ1v) is 12.6. The van der Waals surface area contributed by atoms with Crippen molar-refractivity contribution in [3.63, 3.8) is 0 Å². The third kappa shape index (κ3) is 6.89. The number of methoxy groups -OCH3 is 1. The van der Waals surface area contributed by atoms with E-state index in [0.717, 1.165) is 21.3 Å². The van der Waals surface area contributed by atoms with Crippen molar-refractivity contribution in [2.45, 2.75) is 19.9 Å². The maximum atomic E-state index is 12.7. The molecule has 2 N–H and O–H groups in total. The van der Waals surface area contributed by atoms with Crippen molar-refractivity contribution in [2.75, 3.05) is 30.5 Å². The van der Waals surface area contributed by atoms with Gasteiger partial charge in [0.25, 0.3) is 5.91 Å². The summed E-state index contributed by atoms with van der Waals surface area (Å²) in [5, 5.41) is 5.72. The van der Waals surface area contributed by atoms with E-state index in [1.54, 1.807) is 36.3 Å². The molecule has 0 aliphatic carbocycles. The molecule has 0 spiro atoms. The molecule has 0 saturated carbocycles. The van der Waals surface area contributed by atoms with Crippen LogP contribution >= 0.6 is 15.9 Å². The van der Waals surface area contributed by atoms with Crippen LogP contribution in [0.15, 0.2) is 71.2 Å². The molecule has 0 bridgehead atoms. The topological polar surface area (TPSA) is 97.0 Å². The highest BCUT2D eigenvalue weighted by molar-refractivity contribution is 9.10. The molecule has 0 radical (unpaired) electrons. The molecular formula is C28H28BrN3O5. The summed E-state index contributed by atoms with van der Waals surface area (Å²) in [7, 11) is 1.60. The minimum absolute atomic E-state index is 0.110. The molecule has 9 heteroatoms. The number of anilines is 2. The fraction of sp³-hybridized carbons (Fsp3) is 0.250. The lowest BCUT2D eigenvalue weighted by Crippen LogP contribution is -2.32. The van der Waals surface area contributed by atoms with Gasteiger partial charge in [0.2, 0.25) is 11.8 Å². The van der Waals surface area contributed by atoms with Gasteiger partial charge in [0.15, 0.2) is 6.61 Å². The summed E-state index contributed by atoms with van der Waals surface area (Å²) < 4.78 is 11.5. The van der Waals surface area contributed by atoms with Gasteiger partial charge in [0.05, 0.1) is 18.7 Å². The number of nitrogens with one attached hydrogen (secondary N) is 2.